The summed E-state index contributed by atoms with van der Waals surface area (Å²) in [5.41, 5.74) is 4.45. The maximum atomic E-state index is 12.9. The number of carbonyl (C=O) groups excluding carboxylic acids is 1. The standard InChI is InChI=1S/C20H24N6O4S/c1-24-16(21)15(18(28)25(2)20(24)29)13(27)11-31-19-23-22-17(14-9-6-10-30-14)26(19)12-7-4-3-5-8-12/h6,9-10,12H,3-5,7-8,11,21H2,1-2H3. The van der Waals surface area contributed by atoms with Gasteiger partial charge in [-0.05, 0) is 25.0 Å². The second kappa shape index (κ2) is 8.58. The van der Waals surface area contributed by atoms with Crippen LogP contribution in [0.15, 0.2) is 37.6 Å². The van der Waals surface area contributed by atoms with E-state index in [4.69, 9.17) is 10.2 Å². The van der Waals surface area contributed by atoms with E-state index in [2.05, 4.69) is 10.2 Å². The van der Waals surface area contributed by atoms with Crippen LogP contribution in [0.25, 0.3) is 11.6 Å². The van der Waals surface area contributed by atoms with Gasteiger partial charge in [0.25, 0.3) is 5.56 Å². The van der Waals surface area contributed by atoms with E-state index >= 15 is 0 Å². The zero-order chi connectivity index (χ0) is 22.1. The highest BCUT2D eigenvalue weighted by Crippen LogP contribution is 2.35. The first-order chi connectivity index (χ1) is 14.9. The first kappa shape index (κ1) is 21.2. The molecule has 11 heteroatoms. The van der Waals surface area contributed by atoms with Crippen molar-refractivity contribution in [2.24, 2.45) is 14.1 Å². The number of hydrogen-bond donors (Lipinski definition) is 1. The van der Waals surface area contributed by atoms with Gasteiger partial charge in [-0.3, -0.25) is 23.3 Å². The molecule has 3 aromatic rings. The van der Waals surface area contributed by atoms with Gasteiger partial charge in [0.2, 0.25) is 5.82 Å². The molecule has 0 aromatic carbocycles. The quantitative estimate of drug-likeness (QED) is 0.451. The summed E-state index contributed by atoms with van der Waals surface area (Å²) in [5, 5.41) is 9.20. The van der Waals surface area contributed by atoms with Gasteiger partial charge in [0.1, 0.15) is 11.4 Å². The summed E-state index contributed by atoms with van der Waals surface area (Å²) in [5.74, 6) is 0.595. The number of nitrogen functional groups attached to an aromatic ring is 1. The lowest BCUT2D eigenvalue weighted by Crippen LogP contribution is -2.41. The summed E-state index contributed by atoms with van der Waals surface area (Å²) in [7, 11) is 2.75. The van der Waals surface area contributed by atoms with Gasteiger partial charge in [0, 0.05) is 20.1 Å². The topological polar surface area (TPSA) is 131 Å². The number of Topliss-reactive ketones (excluding diaryl/α,β-unsaturated/α-hetero) is 1. The van der Waals surface area contributed by atoms with Gasteiger partial charge in [-0.1, -0.05) is 31.0 Å². The van der Waals surface area contributed by atoms with E-state index in [9.17, 15) is 14.4 Å². The van der Waals surface area contributed by atoms with Crippen molar-refractivity contribution in [3.05, 3.63) is 44.8 Å². The van der Waals surface area contributed by atoms with Crippen molar-refractivity contribution in [1.82, 2.24) is 23.9 Å². The van der Waals surface area contributed by atoms with Crippen LogP contribution < -0.4 is 17.0 Å². The number of nitrogens with zero attached hydrogens (tertiary/aromatic N) is 5. The number of carbonyl (C=O) groups is 1. The molecule has 0 radical (unpaired) electrons. The number of thioether (sulfide) groups is 1. The Balaban J connectivity index is 1.64. The SMILES string of the molecule is Cn1c(N)c(C(=O)CSc2nnc(-c3ccco3)n2C2CCCCC2)c(=O)n(C)c1=O. The third kappa shape index (κ3) is 3.85. The van der Waals surface area contributed by atoms with Crippen molar-refractivity contribution in [2.45, 2.75) is 43.3 Å². The molecule has 4 rings (SSSR count). The van der Waals surface area contributed by atoms with Crippen LogP contribution in [-0.4, -0.2) is 35.4 Å². The van der Waals surface area contributed by atoms with Gasteiger partial charge < -0.3 is 10.2 Å². The lowest BCUT2D eigenvalue weighted by Gasteiger charge is -2.25. The van der Waals surface area contributed by atoms with E-state index in [-0.39, 0.29) is 23.2 Å². The van der Waals surface area contributed by atoms with Gasteiger partial charge in [0.05, 0.1) is 12.0 Å². The average molecular weight is 445 g/mol. The second-order valence-corrected chi connectivity index (χ2v) is 8.57. The molecule has 0 spiro atoms. The maximum Gasteiger partial charge on any atom is 0.332 e. The van der Waals surface area contributed by atoms with Crippen LogP contribution in [0.5, 0.6) is 0 Å². The van der Waals surface area contributed by atoms with Gasteiger partial charge in [0.15, 0.2) is 16.7 Å². The van der Waals surface area contributed by atoms with Crippen molar-refractivity contribution in [1.29, 1.82) is 0 Å². The Labute approximate surface area is 182 Å². The highest BCUT2D eigenvalue weighted by atomic mass is 32.2. The first-order valence-corrected chi connectivity index (χ1v) is 11.1. The third-order valence-electron chi connectivity index (χ3n) is 5.67. The summed E-state index contributed by atoms with van der Waals surface area (Å²) in [4.78, 5) is 37.4. The van der Waals surface area contributed by atoms with E-state index in [1.54, 1.807) is 12.3 Å². The highest BCUT2D eigenvalue weighted by molar-refractivity contribution is 7.99. The molecule has 3 aromatic heterocycles. The Bertz CT molecular complexity index is 1220. The molecule has 2 N–H and O–H groups in total. The molecule has 1 saturated carbocycles. The van der Waals surface area contributed by atoms with Crippen molar-refractivity contribution >= 4 is 23.4 Å². The minimum absolute atomic E-state index is 0.0549. The normalized spacial score (nSPS) is 14.8. The Morgan fingerprint density at radius 3 is 2.61 bits per heavy atom. The maximum absolute atomic E-state index is 12.9. The summed E-state index contributed by atoms with van der Waals surface area (Å²) in [6, 6.07) is 3.85. The number of ketones is 1. The van der Waals surface area contributed by atoms with E-state index in [1.165, 1.54) is 32.3 Å². The monoisotopic (exact) mass is 444 g/mol. The summed E-state index contributed by atoms with van der Waals surface area (Å²) in [6.07, 6.45) is 7.03. The molecule has 0 bridgehead atoms. The van der Waals surface area contributed by atoms with Crippen LogP contribution in [0.4, 0.5) is 5.82 Å². The molecule has 0 amide bonds. The Morgan fingerprint density at radius 1 is 1.19 bits per heavy atom. The van der Waals surface area contributed by atoms with Crippen LogP contribution in [0.3, 0.4) is 0 Å². The predicted molar refractivity (Wildman–Crippen MR) is 116 cm³/mol. The molecule has 0 saturated heterocycles. The zero-order valence-electron chi connectivity index (χ0n) is 17.4. The molecular formula is C20H24N6O4S. The molecular weight excluding hydrogens is 420 g/mol. The van der Waals surface area contributed by atoms with Gasteiger partial charge in [-0.15, -0.1) is 10.2 Å². The molecule has 0 unspecified atom stereocenters. The fraction of sp³-hybridized carbons (Fsp3) is 0.450. The smallest absolute Gasteiger partial charge is 0.332 e. The van der Waals surface area contributed by atoms with Gasteiger partial charge in [-0.2, -0.15) is 0 Å². The Hall–Kier alpha value is -3.08. The third-order valence-corrected chi connectivity index (χ3v) is 6.61. The average Bonchev–Trinajstić information content (AvgIpc) is 3.45. The van der Waals surface area contributed by atoms with Crippen molar-refractivity contribution < 1.29 is 9.21 Å². The van der Waals surface area contributed by atoms with Crippen molar-refractivity contribution in [3.8, 4) is 11.6 Å². The van der Waals surface area contributed by atoms with E-state index in [0.29, 0.717) is 16.7 Å². The minimum Gasteiger partial charge on any atom is -0.461 e. The Morgan fingerprint density at radius 2 is 1.94 bits per heavy atom. The van der Waals surface area contributed by atoms with E-state index in [0.717, 1.165) is 34.8 Å². The minimum atomic E-state index is -0.698. The molecule has 0 atom stereocenters. The van der Waals surface area contributed by atoms with Gasteiger partial charge in [-0.25, -0.2) is 4.79 Å². The lowest BCUT2D eigenvalue weighted by molar-refractivity contribution is 0.102. The number of nitrogens with two attached hydrogens (primary N) is 1. The molecule has 0 aliphatic heterocycles. The molecule has 164 valence electrons. The van der Waals surface area contributed by atoms with Gasteiger partial charge >= 0.3 is 5.69 Å². The molecule has 10 nitrogen and oxygen atoms in total. The van der Waals surface area contributed by atoms with Crippen molar-refractivity contribution in [2.75, 3.05) is 11.5 Å². The van der Waals surface area contributed by atoms with E-state index in [1.807, 2.05) is 10.6 Å². The molecule has 3 heterocycles. The fourth-order valence-electron chi connectivity index (χ4n) is 3.94. The fourth-order valence-corrected chi connectivity index (χ4v) is 4.82. The number of furan rings is 1. The summed E-state index contributed by atoms with van der Waals surface area (Å²) >= 11 is 1.20. The molecule has 31 heavy (non-hydrogen) atoms. The number of hydrogen-bond acceptors (Lipinski definition) is 8. The second-order valence-electron chi connectivity index (χ2n) is 7.62. The predicted octanol–water partition coefficient (Wildman–Crippen LogP) is 2.00. The zero-order valence-corrected chi connectivity index (χ0v) is 18.2. The number of rotatable bonds is 6. The summed E-state index contributed by atoms with van der Waals surface area (Å²) < 4.78 is 9.55. The largest absolute Gasteiger partial charge is 0.461 e. The van der Waals surface area contributed by atoms with Crippen LogP contribution in [-0.2, 0) is 14.1 Å². The number of anilines is 1. The number of aromatic nitrogens is 5. The van der Waals surface area contributed by atoms with Crippen molar-refractivity contribution in [3.63, 3.8) is 0 Å². The van der Waals surface area contributed by atoms with E-state index < -0.39 is 17.0 Å². The van der Waals surface area contributed by atoms with Crippen LogP contribution in [0, 0.1) is 0 Å². The summed E-state index contributed by atoms with van der Waals surface area (Å²) in [6.45, 7) is 0. The molecule has 1 aliphatic rings. The molecule has 1 aliphatic carbocycles. The van der Waals surface area contributed by atoms with Crippen LogP contribution >= 0.6 is 11.8 Å². The molecule has 1 fully saturated rings. The lowest BCUT2D eigenvalue weighted by atomic mass is 9.95. The first-order valence-electron chi connectivity index (χ1n) is 10.1. The Kier molecular flexibility index (Phi) is 5.86. The van der Waals surface area contributed by atoms with Crippen LogP contribution in [0.2, 0.25) is 0 Å². The van der Waals surface area contributed by atoms with Crippen LogP contribution in [0.1, 0.15) is 48.5 Å². The highest BCUT2D eigenvalue weighted by Gasteiger charge is 2.26.